The van der Waals surface area contributed by atoms with Gasteiger partial charge in [0.2, 0.25) is 17.7 Å². The smallest absolute Gasteiger partial charge is 0.326 e. The number of carbonyl (C=O) groups is 4. The van der Waals surface area contributed by atoms with E-state index in [1.54, 1.807) is 13.8 Å². The summed E-state index contributed by atoms with van der Waals surface area (Å²) in [5, 5.41) is 17.4. The topological polar surface area (TPSA) is 205 Å². The molecule has 0 saturated heterocycles. The van der Waals surface area contributed by atoms with Crippen molar-refractivity contribution in [2.24, 2.45) is 23.3 Å². The first-order valence-electron chi connectivity index (χ1n) is 12.0. The lowest BCUT2D eigenvalue weighted by Gasteiger charge is -2.27. The molecule has 12 nitrogen and oxygen atoms in total. The molecule has 0 aliphatic heterocycles. The third kappa shape index (κ3) is 10.9. The Labute approximate surface area is 206 Å². The number of aromatic nitrogens is 2. The second-order valence-corrected chi connectivity index (χ2v) is 9.49. The average Bonchev–Trinajstić information content (AvgIpc) is 3.28. The van der Waals surface area contributed by atoms with E-state index in [1.165, 1.54) is 12.5 Å². The van der Waals surface area contributed by atoms with Crippen LogP contribution in [0.3, 0.4) is 0 Å². The molecular weight excluding hydrogens is 454 g/mol. The third-order valence-electron chi connectivity index (χ3n) is 5.49. The number of unbranched alkanes of at least 4 members (excludes halogenated alkanes) is 1. The fourth-order valence-electron chi connectivity index (χ4n) is 3.49. The average molecular weight is 496 g/mol. The number of H-pyrrole nitrogens is 1. The van der Waals surface area contributed by atoms with Crippen LogP contribution in [0.4, 0.5) is 0 Å². The van der Waals surface area contributed by atoms with Crippen LogP contribution in [0.1, 0.15) is 59.1 Å². The minimum Gasteiger partial charge on any atom is -0.480 e. The van der Waals surface area contributed by atoms with Gasteiger partial charge >= 0.3 is 5.97 Å². The van der Waals surface area contributed by atoms with Gasteiger partial charge in [-0.3, -0.25) is 14.4 Å². The van der Waals surface area contributed by atoms with Crippen LogP contribution in [0.5, 0.6) is 0 Å². The maximum absolute atomic E-state index is 13.1. The maximum atomic E-state index is 13.1. The number of amides is 3. The highest BCUT2D eigenvalue weighted by Gasteiger charge is 2.32. The number of carboxylic acid groups (broad SMARTS) is 1. The monoisotopic (exact) mass is 495 g/mol. The van der Waals surface area contributed by atoms with Gasteiger partial charge in [-0.05, 0) is 37.6 Å². The van der Waals surface area contributed by atoms with E-state index in [-0.39, 0.29) is 24.7 Å². The highest BCUT2D eigenvalue weighted by Crippen LogP contribution is 2.10. The highest BCUT2D eigenvalue weighted by atomic mass is 16.4. The zero-order chi connectivity index (χ0) is 26.5. The van der Waals surface area contributed by atoms with Crippen molar-refractivity contribution in [3.05, 3.63) is 18.2 Å². The fraction of sp³-hybridized carbons (Fsp3) is 0.696. The van der Waals surface area contributed by atoms with Gasteiger partial charge in [0.15, 0.2) is 0 Å². The molecule has 12 heteroatoms. The summed E-state index contributed by atoms with van der Waals surface area (Å²) in [5.74, 6) is -3.06. The van der Waals surface area contributed by atoms with Gasteiger partial charge in [0.1, 0.15) is 18.1 Å². The minimum atomic E-state index is -1.21. The number of carboxylic acids is 1. The molecular formula is C23H41N7O5. The first-order valence-corrected chi connectivity index (χ1v) is 12.0. The van der Waals surface area contributed by atoms with Crippen molar-refractivity contribution in [2.45, 2.75) is 84.0 Å². The molecule has 0 radical (unpaired) electrons. The number of hydrogen-bond acceptors (Lipinski definition) is 7. The largest absolute Gasteiger partial charge is 0.480 e. The lowest BCUT2D eigenvalue weighted by Crippen LogP contribution is -2.58. The molecule has 4 unspecified atom stereocenters. The molecule has 9 N–H and O–H groups in total. The van der Waals surface area contributed by atoms with Gasteiger partial charge in [-0.25, -0.2) is 9.78 Å². The van der Waals surface area contributed by atoms with Gasteiger partial charge < -0.3 is 37.5 Å². The Balaban J connectivity index is 2.89. The van der Waals surface area contributed by atoms with Crippen LogP contribution in [-0.2, 0) is 25.6 Å². The Kier molecular flexibility index (Phi) is 13.0. The summed E-state index contributed by atoms with van der Waals surface area (Å²) in [6.45, 7) is 7.82. The van der Waals surface area contributed by atoms with E-state index in [4.69, 9.17) is 11.5 Å². The van der Waals surface area contributed by atoms with Crippen molar-refractivity contribution in [1.29, 1.82) is 0 Å². The number of imidazole rings is 1. The first kappa shape index (κ1) is 30.0. The normalized spacial score (nSPS) is 14.7. The predicted octanol–water partition coefficient (Wildman–Crippen LogP) is -0.350. The van der Waals surface area contributed by atoms with Gasteiger partial charge in [0.05, 0.1) is 12.4 Å². The summed E-state index contributed by atoms with van der Waals surface area (Å²) in [6.07, 6.45) is 5.08. The number of nitrogens with zero attached hydrogens (tertiary/aromatic N) is 1. The highest BCUT2D eigenvalue weighted by molar-refractivity contribution is 5.94. The Hall–Kier alpha value is -2.99. The van der Waals surface area contributed by atoms with E-state index in [2.05, 4.69) is 25.9 Å². The molecule has 1 heterocycles. The lowest BCUT2D eigenvalue weighted by atomic mass is 9.99. The standard InChI is InChI=1S/C23H41N7O5/c1-13(2)9-17(21(32)29-18(23(34)35)10-15-11-26-12-27-15)28-22(33)19(14(3)4)30-20(31)16(25)7-5-6-8-24/h11-14,16-19H,5-10,24-25H2,1-4H3,(H,26,27)(H,28,33)(H,29,32)(H,30,31)(H,34,35). The maximum Gasteiger partial charge on any atom is 0.326 e. The quantitative estimate of drug-likeness (QED) is 0.150. The molecule has 0 aliphatic rings. The Morgan fingerprint density at radius 1 is 1.00 bits per heavy atom. The number of rotatable bonds is 16. The van der Waals surface area contributed by atoms with Gasteiger partial charge in [-0.15, -0.1) is 0 Å². The molecule has 35 heavy (non-hydrogen) atoms. The SMILES string of the molecule is CC(C)CC(NC(=O)C(NC(=O)C(N)CCCCN)C(C)C)C(=O)NC(Cc1cnc[nH]1)C(=O)O. The molecule has 0 spiro atoms. The first-order chi connectivity index (χ1) is 16.5. The van der Waals surface area contributed by atoms with Crippen LogP contribution >= 0.6 is 0 Å². The zero-order valence-corrected chi connectivity index (χ0v) is 21.0. The molecule has 0 saturated carbocycles. The van der Waals surface area contributed by atoms with Crippen LogP contribution in [0.2, 0.25) is 0 Å². The number of carbonyl (C=O) groups excluding carboxylic acids is 3. The Morgan fingerprint density at radius 2 is 1.66 bits per heavy atom. The second kappa shape index (κ2) is 15.1. The zero-order valence-electron chi connectivity index (χ0n) is 21.0. The lowest BCUT2D eigenvalue weighted by molar-refractivity contribution is -0.142. The molecule has 1 aromatic rings. The van der Waals surface area contributed by atoms with Crippen molar-refractivity contribution in [3.8, 4) is 0 Å². The number of aliphatic carboxylic acids is 1. The van der Waals surface area contributed by atoms with Crippen LogP contribution in [0, 0.1) is 11.8 Å². The summed E-state index contributed by atoms with van der Waals surface area (Å²) in [5.41, 5.74) is 12.0. The Bertz CT molecular complexity index is 813. The molecule has 0 bridgehead atoms. The van der Waals surface area contributed by atoms with Crippen molar-refractivity contribution >= 4 is 23.7 Å². The molecule has 1 aromatic heterocycles. The molecule has 0 aromatic carbocycles. The van der Waals surface area contributed by atoms with Crippen LogP contribution in [0.25, 0.3) is 0 Å². The van der Waals surface area contributed by atoms with Crippen molar-refractivity contribution in [3.63, 3.8) is 0 Å². The molecule has 0 fully saturated rings. The Morgan fingerprint density at radius 3 is 2.17 bits per heavy atom. The molecule has 0 aliphatic carbocycles. The van der Waals surface area contributed by atoms with Gasteiger partial charge in [-0.1, -0.05) is 34.1 Å². The fourth-order valence-corrected chi connectivity index (χ4v) is 3.49. The number of nitrogens with two attached hydrogens (primary N) is 2. The summed E-state index contributed by atoms with van der Waals surface area (Å²) in [4.78, 5) is 57.0. The second-order valence-electron chi connectivity index (χ2n) is 9.49. The molecule has 1 rings (SSSR count). The number of hydrogen-bond donors (Lipinski definition) is 7. The van der Waals surface area contributed by atoms with Gasteiger partial charge in [-0.2, -0.15) is 0 Å². The van der Waals surface area contributed by atoms with Crippen LogP contribution in [-0.4, -0.2) is 69.5 Å². The summed E-state index contributed by atoms with van der Waals surface area (Å²) in [6, 6.07) is -3.88. The molecule has 4 atom stereocenters. The van der Waals surface area contributed by atoms with Crippen LogP contribution in [0.15, 0.2) is 12.5 Å². The third-order valence-corrected chi connectivity index (χ3v) is 5.49. The van der Waals surface area contributed by atoms with Crippen LogP contribution < -0.4 is 27.4 Å². The van der Waals surface area contributed by atoms with Gasteiger partial charge in [0, 0.05) is 18.3 Å². The number of aromatic amines is 1. The molecule has 198 valence electrons. The van der Waals surface area contributed by atoms with Crippen molar-refractivity contribution in [1.82, 2.24) is 25.9 Å². The van der Waals surface area contributed by atoms with Gasteiger partial charge in [0.25, 0.3) is 0 Å². The van der Waals surface area contributed by atoms with E-state index in [0.717, 1.165) is 6.42 Å². The summed E-state index contributed by atoms with van der Waals surface area (Å²) in [7, 11) is 0. The van der Waals surface area contributed by atoms with E-state index >= 15 is 0 Å². The minimum absolute atomic E-state index is 0.0101. The van der Waals surface area contributed by atoms with Crippen molar-refractivity contribution in [2.75, 3.05) is 6.54 Å². The summed E-state index contributed by atoms with van der Waals surface area (Å²) >= 11 is 0. The van der Waals surface area contributed by atoms with Crippen molar-refractivity contribution < 1.29 is 24.3 Å². The van der Waals surface area contributed by atoms with E-state index in [9.17, 15) is 24.3 Å². The predicted molar refractivity (Wildman–Crippen MR) is 131 cm³/mol. The molecule has 3 amide bonds. The van der Waals surface area contributed by atoms with E-state index in [0.29, 0.717) is 25.1 Å². The van der Waals surface area contributed by atoms with E-state index in [1.807, 2.05) is 13.8 Å². The summed E-state index contributed by atoms with van der Waals surface area (Å²) < 4.78 is 0. The number of nitrogens with one attached hydrogen (secondary N) is 4. The van der Waals surface area contributed by atoms with E-state index < -0.39 is 47.9 Å².